The predicted molar refractivity (Wildman–Crippen MR) is 82.9 cm³/mol. The van der Waals surface area contributed by atoms with E-state index in [1.165, 1.54) is 24.3 Å². The molecule has 2 aromatic carbocycles. The van der Waals surface area contributed by atoms with E-state index in [9.17, 15) is 8.42 Å². The molecule has 0 aliphatic heterocycles. The number of hydrogen-bond donors (Lipinski definition) is 2. The van der Waals surface area contributed by atoms with Gasteiger partial charge in [-0.3, -0.25) is 4.72 Å². The van der Waals surface area contributed by atoms with Gasteiger partial charge in [-0.2, -0.15) is 0 Å². The first-order valence-electron chi connectivity index (χ1n) is 5.63. The van der Waals surface area contributed by atoms with Gasteiger partial charge < -0.3 is 5.73 Å². The molecule has 106 valence electrons. The Labute approximate surface area is 127 Å². The molecule has 0 aliphatic carbocycles. The molecule has 4 nitrogen and oxygen atoms in total. The summed E-state index contributed by atoms with van der Waals surface area (Å²) in [5.74, 6) is 0. The molecule has 0 bridgehead atoms. The average molecular weight is 331 g/mol. The Morgan fingerprint density at radius 2 is 1.65 bits per heavy atom. The highest BCUT2D eigenvalue weighted by Crippen LogP contribution is 2.32. The maximum Gasteiger partial charge on any atom is 0.261 e. The first kappa shape index (κ1) is 15.0. The van der Waals surface area contributed by atoms with Gasteiger partial charge in [0.05, 0.1) is 26.3 Å². The number of halogens is 2. The van der Waals surface area contributed by atoms with Crippen LogP contribution in [0.4, 0.5) is 11.4 Å². The molecule has 0 amide bonds. The van der Waals surface area contributed by atoms with Gasteiger partial charge in [-0.05, 0) is 31.2 Å². The monoisotopic (exact) mass is 330 g/mol. The Balaban J connectivity index is 2.38. The van der Waals surface area contributed by atoms with E-state index in [4.69, 9.17) is 28.9 Å². The zero-order valence-corrected chi connectivity index (χ0v) is 12.9. The summed E-state index contributed by atoms with van der Waals surface area (Å²) in [6.45, 7) is 1.88. The third-order valence-corrected chi connectivity index (χ3v) is 4.68. The molecule has 0 aromatic heterocycles. The Kier molecular flexibility index (Phi) is 4.13. The van der Waals surface area contributed by atoms with Crippen LogP contribution < -0.4 is 10.5 Å². The predicted octanol–water partition coefficient (Wildman–Crippen LogP) is 3.68. The lowest BCUT2D eigenvalue weighted by atomic mass is 10.2. The molecule has 7 heteroatoms. The number of nitrogen functional groups attached to an aromatic ring is 1. The van der Waals surface area contributed by atoms with Crippen LogP contribution in [-0.4, -0.2) is 8.42 Å². The quantitative estimate of drug-likeness (QED) is 0.843. The molecule has 0 radical (unpaired) electrons. The van der Waals surface area contributed by atoms with Crippen LogP contribution in [-0.2, 0) is 10.0 Å². The zero-order chi connectivity index (χ0) is 14.9. The second-order valence-corrected chi connectivity index (χ2v) is 6.77. The molecule has 2 rings (SSSR count). The molecule has 0 saturated carbocycles. The SMILES string of the molecule is Cc1ccc(S(=O)(=O)Nc2cc(Cl)c(N)cc2Cl)cc1. The average Bonchev–Trinajstić information content (AvgIpc) is 2.36. The largest absolute Gasteiger partial charge is 0.397 e. The minimum Gasteiger partial charge on any atom is -0.397 e. The van der Waals surface area contributed by atoms with E-state index < -0.39 is 10.0 Å². The summed E-state index contributed by atoms with van der Waals surface area (Å²) in [5, 5.41) is 0.415. The van der Waals surface area contributed by atoms with Crippen molar-refractivity contribution in [2.24, 2.45) is 0 Å². The number of anilines is 2. The lowest BCUT2D eigenvalue weighted by Gasteiger charge is -2.11. The summed E-state index contributed by atoms with van der Waals surface area (Å²) in [4.78, 5) is 0.145. The van der Waals surface area contributed by atoms with E-state index in [0.717, 1.165) is 5.56 Å². The Hall–Kier alpha value is -1.43. The van der Waals surface area contributed by atoms with E-state index in [1.54, 1.807) is 12.1 Å². The molecule has 0 saturated heterocycles. The van der Waals surface area contributed by atoms with Crippen LogP contribution in [0.5, 0.6) is 0 Å². The van der Waals surface area contributed by atoms with Crippen molar-refractivity contribution in [1.29, 1.82) is 0 Å². The van der Waals surface area contributed by atoms with Gasteiger partial charge in [0.2, 0.25) is 0 Å². The molecule has 20 heavy (non-hydrogen) atoms. The summed E-state index contributed by atoms with van der Waals surface area (Å²) >= 11 is 11.8. The van der Waals surface area contributed by atoms with Crippen LogP contribution in [0.25, 0.3) is 0 Å². The molecule has 0 fully saturated rings. The third kappa shape index (κ3) is 3.17. The Morgan fingerprint density at radius 1 is 1.05 bits per heavy atom. The van der Waals surface area contributed by atoms with Crippen molar-refractivity contribution in [3.63, 3.8) is 0 Å². The molecular weight excluding hydrogens is 319 g/mol. The molecule has 0 aliphatic rings. The standard InChI is InChI=1S/C13H12Cl2N2O2S/c1-8-2-4-9(5-3-8)20(18,19)17-13-7-10(14)12(16)6-11(13)15/h2-7,17H,16H2,1H3. The summed E-state index contributed by atoms with van der Waals surface area (Å²) in [7, 11) is -3.72. The zero-order valence-electron chi connectivity index (χ0n) is 10.5. The molecule has 0 unspecified atom stereocenters. The van der Waals surface area contributed by atoms with Crippen molar-refractivity contribution in [2.45, 2.75) is 11.8 Å². The number of hydrogen-bond acceptors (Lipinski definition) is 3. The maximum atomic E-state index is 12.2. The van der Waals surface area contributed by atoms with Gasteiger partial charge in [-0.15, -0.1) is 0 Å². The fraction of sp³-hybridized carbons (Fsp3) is 0.0769. The topological polar surface area (TPSA) is 72.2 Å². The highest BCUT2D eigenvalue weighted by Gasteiger charge is 2.16. The number of benzene rings is 2. The van der Waals surface area contributed by atoms with Crippen LogP contribution >= 0.6 is 23.2 Å². The van der Waals surface area contributed by atoms with Gasteiger partial charge in [0, 0.05) is 0 Å². The van der Waals surface area contributed by atoms with Crippen LogP contribution in [0.1, 0.15) is 5.56 Å². The normalized spacial score (nSPS) is 11.3. The van der Waals surface area contributed by atoms with Gasteiger partial charge >= 0.3 is 0 Å². The van der Waals surface area contributed by atoms with E-state index in [2.05, 4.69) is 4.72 Å². The van der Waals surface area contributed by atoms with E-state index in [1.807, 2.05) is 6.92 Å². The molecule has 0 spiro atoms. The first-order chi connectivity index (χ1) is 9.29. The first-order valence-corrected chi connectivity index (χ1v) is 7.87. The lowest BCUT2D eigenvalue weighted by Crippen LogP contribution is -2.13. The van der Waals surface area contributed by atoms with Gasteiger partial charge in [-0.25, -0.2) is 8.42 Å². The molecule has 0 atom stereocenters. The molecular formula is C13H12Cl2N2O2S. The van der Waals surface area contributed by atoms with Crippen LogP contribution in [0, 0.1) is 6.92 Å². The summed E-state index contributed by atoms with van der Waals surface area (Å²) < 4.78 is 26.8. The lowest BCUT2D eigenvalue weighted by molar-refractivity contribution is 0.601. The second kappa shape index (κ2) is 5.52. The van der Waals surface area contributed by atoms with Gasteiger partial charge in [0.25, 0.3) is 10.0 Å². The summed E-state index contributed by atoms with van der Waals surface area (Å²) in [5.41, 5.74) is 7.03. The molecule has 2 aromatic rings. The summed E-state index contributed by atoms with van der Waals surface area (Å²) in [6.07, 6.45) is 0. The van der Waals surface area contributed by atoms with Crippen LogP contribution in [0.2, 0.25) is 10.0 Å². The number of nitrogens with two attached hydrogens (primary N) is 1. The van der Waals surface area contributed by atoms with Crippen molar-refractivity contribution >= 4 is 44.6 Å². The van der Waals surface area contributed by atoms with Crippen molar-refractivity contribution < 1.29 is 8.42 Å². The molecule has 0 heterocycles. The van der Waals surface area contributed by atoms with Crippen molar-refractivity contribution in [3.8, 4) is 0 Å². The van der Waals surface area contributed by atoms with E-state index >= 15 is 0 Å². The maximum absolute atomic E-state index is 12.2. The van der Waals surface area contributed by atoms with Crippen molar-refractivity contribution in [1.82, 2.24) is 0 Å². The number of sulfonamides is 1. The fourth-order valence-electron chi connectivity index (χ4n) is 1.56. The molecule has 3 N–H and O–H groups in total. The highest BCUT2D eigenvalue weighted by atomic mass is 35.5. The Morgan fingerprint density at radius 3 is 2.25 bits per heavy atom. The van der Waals surface area contributed by atoms with Gasteiger partial charge in [0.15, 0.2) is 0 Å². The van der Waals surface area contributed by atoms with Gasteiger partial charge in [-0.1, -0.05) is 40.9 Å². The smallest absolute Gasteiger partial charge is 0.261 e. The fourth-order valence-corrected chi connectivity index (χ4v) is 3.07. The number of aryl methyl sites for hydroxylation is 1. The van der Waals surface area contributed by atoms with Crippen molar-refractivity contribution in [2.75, 3.05) is 10.5 Å². The van der Waals surface area contributed by atoms with Crippen LogP contribution in [0.3, 0.4) is 0 Å². The number of rotatable bonds is 3. The van der Waals surface area contributed by atoms with E-state index in [0.29, 0.717) is 0 Å². The van der Waals surface area contributed by atoms with Crippen molar-refractivity contribution in [3.05, 3.63) is 52.0 Å². The highest BCUT2D eigenvalue weighted by molar-refractivity contribution is 7.92. The minimum absolute atomic E-state index is 0.145. The second-order valence-electron chi connectivity index (χ2n) is 4.27. The van der Waals surface area contributed by atoms with Gasteiger partial charge in [0.1, 0.15) is 0 Å². The third-order valence-electron chi connectivity index (χ3n) is 2.66. The number of nitrogens with one attached hydrogen (secondary N) is 1. The summed E-state index contributed by atoms with van der Waals surface area (Å²) in [6, 6.07) is 9.25. The minimum atomic E-state index is -3.72. The van der Waals surface area contributed by atoms with E-state index in [-0.39, 0.29) is 26.3 Å². The van der Waals surface area contributed by atoms with Crippen LogP contribution in [0.15, 0.2) is 41.3 Å². The Bertz CT molecular complexity index is 744.